The van der Waals surface area contributed by atoms with Crippen molar-refractivity contribution in [1.29, 1.82) is 0 Å². The largest absolute Gasteiger partial charge is 0.494 e. The Morgan fingerprint density at radius 2 is 1.54 bits per heavy atom. The van der Waals surface area contributed by atoms with Crippen LogP contribution in [-0.2, 0) is 44.5 Å². The molecule has 2 aliphatic rings. The third kappa shape index (κ3) is 17.4. The van der Waals surface area contributed by atoms with Gasteiger partial charge in [0, 0.05) is 68.5 Å². The summed E-state index contributed by atoms with van der Waals surface area (Å²) in [7, 11) is -0.979. The van der Waals surface area contributed by atoms with Gasteiger partial charge in [-0.05, 0) is 73.9 Å². The van der Waals surface area contributed by atoms with Gasteiger partial charge >= 0.3 is 0 Å². The molecule has 2 aliphatic heterocycles. The maximum Gasteiger partial charge on any atom is 0.246 e. The van der Waals surface area contributed by atoms with Gasteiger partial charge < -0.3 is 65.0 Å². The summed E-state index contributed by atoms with van der Waals surface area (Å²) in [6.45, 7) is 14.1. The van der Waals surface area contributed by atoms with Crippen LogP contribution in [0.1, 0.15) is 64.1 Å². The van der Waals surface area contributed by atoms with E-state index in [-0.39, 0.29) is 82.5 Å². The first kappa shape index (κ1) is 60.5. The molecule has 426 valence electrons. The minimum absolute atomic E-state index is 0.00564. The van der Waals surface area contributed by atoms with Crippen molar-refractivity contribution in [3.8, 4) is 16.2 Å². The number of nitrogens with zero attached hydrogens (tertiary/aromatic N) is 5. The molecular weight excluding hydrogens is 1070 g/mol. The van der Waals surface area contributed by atoms with Crippen LogP contribution < -0.4 is 41.5 Å². The second kappa shape index (κ2) is 28.3. The first-order chi connectivity index (χ1) is 37.8. The number of β-amino-alcohol motifs (C(OH)–C–C–N with tert-alkyl or cyclic N) is 1. The van der Waals surface area contributed by atoms with E-state index in [4.69, 9.17) is 30.5 Å². The molecule has 0 bridgehead atoms. The van der Waals surface area contributed by atoms with Gasteiger partial charge in [0.1, 0.15) is 30.0 Å². The lowest BCUT2D eigenvalue weighted by molar-refractivity contribution is -0.144. The van der Waals surface area contributed by atoms with E-state index in [1.165, 1.54) is 11.1 Å². The summed E-state index contributed by atoms with van der Waals surface area (Å²) in [4.78, 5) is 71.3. The standard InChI is InChI=1S/C56H74ClN10O10PS/c1-36-50(79-35-60-36)38-14-12-37(13-15-38)32-58-53(71)45-31-41(68)34-67(45)54(72)51(56(2,3)4)64-49(70)21-25-76-27-29-77-28-26-75-24-20-48(69)61-39-18-22-66(23-19-39)40-16-17-43(46(30-40)74-5)63-55-59-33-42(57)52(65-55)62-44-10-8-9-11-47(44)78(6,7)73/h8-17,30,33,35,39,41,45,51,68H,18-29,31-32,34H2,1-7H3,(H,58,71)(H,61,69)(H,64,70)(H2,59,62,63,65). The van der Waals surface area contributed by atoms with Crippen molar-refractivity contribution in [2.45, 2.75) is 90.6 Å². The van der Waals surface area contributed by atoms with Crippen molar-refractivity contribution in [3.05, 3.63) is 94.7 Å². The number of aromatic nitrogens is 3. The Bertz CT molecular complexity index is 2910. The molecule has 0 radical (unpaired) electrons. The quantitative estimate of drug-likeness (QED) is 0.0240. The molecule has 23 heteroatoms. The van der Waals surface area contributed by atoms with Gasteiger partial charge in [-0.25, -0.2) is 9.97 Å². The number of hydrogen-bond acceptors (Lipinski definition) is 17. The van der Waals surface area contributed by atoms with E-state index in [1.807, 2.05) is 99.9 Å². The average molecular weight is 1150 g/mol. The van der Waals surface area contributed by atoms with Crippen molar-refractivity contribution in [1.82, 2.24) is 35.8 Å². The number of nitrogens with one attached hydrogen (secondary N) is 5. The van der Waals surface area contributed by atoms with Gasteiger partial charge in [0.25, 0.3) is 0 Å². The highest BCUT2D eigenvalue weighted by Crippen LogP contribution is 2.39. The fraction of sp³-hybridized carbons (Fsp3) is 0.482. The van der Waals surface area contributed by atoms with Crippen molar-refractivity contribution in [2.24, 2.45) is 5.41 Å². The van der Waals surface area contributed by atoms with Crippen molar-refractivity contribution < 1.29 is 47.8 Å². The smallest absolute Gasteiger partial charge is 0.246 e. The first-order valence-corrected chi connectivity index (χ1v) is 30.3. The molecule has 7 rings (SSSR count). The summed E-state index contributed by atoms with van der Waals surface area (Å²) in [5.41, 5.74) is 6.31. The number of rotatable bonds is 26. The molecule has 3 atom stereocenters. The number of benzene rings is 3. The Kier molecular flexibility index (Phi) is 21.6. The number of methoxy groups -OCH3 is 1. The fourth-order valence-electron chi connectivity index (χ4n) is 9.26. The van der Waals surface area contributed by atoms with E-state index < -0.39 is 36.7 Å². The Labute approximate surface area is 471 Å². The lowest BCUT2D eigenvalue weighted by Gasteiger charge is -2.35. The first-order valence-electron chi connectivity index (χ1n) is 26.5. The molecular formula is C56H74ClN10O10PS. The number of thiazole rings is 1. The summed E-state index contributed by atoms with van der Waals surface area (Å²) >= 11 is 8.04. The molecule has 5 aromatic rings. The topological polar surface area (TPSA) is 248 Å². The Morgan fingerprint density at radius 3 is 2.19 bits per heavy atom. The lowest BCUT2D eigenvalue weighted by Crippen LogP contribution is -2.57. The number of para-hydroxylation sites is 1. The van der Waals surface area contributed by atoms with Crippen molar-refractivity contribution >= 4 is 87.8 Å². The molecule has 0 spiro atoms. The molecule has 2 saturated heterocycles. The lowest BCUT2D eigenvalue weighted by atomic mass is 9.85. The summed E-state index contributed by atoms with van der Waals surface area (Å²) in [6.07, 6.45) is 2.49. The number of ether oxygens (including phenoxy) is 4. The normalized spacial score (nSPS) is 16.3. The third-order valence-corrected chi connectivity index (χ3v) is 16.3. The molecule has 20 nitrogen and oxygen atoms in total. The molecule has 3 unspecified atom stereocenters. The minimum Gasteiger partial charge on any atom is -0.494 e. The summed E-state index contributed by atoms with van der Waals surface area (Å²) in [5, 5.41) is 26.9. The Balaban J connectivity index is 0.735. The second-order valence-electron chi connectivity index (χ2n) is 21.0. The van der Waals surface area contributed by atoms with Crippen LogP contribution >= 0.6 is 30.1 Å². The highest BCUT2D eigenvalue weighted by Gasteiger charge is 2.44. The van der Waals surface area contributed by atoms with E-state index in [2.05, 4.69) is 46.4 Å². The maximum absolute atomic E-state index is 14.0. The molecule has 6 N–H and O–H groups in total. The molecule has 4 amide bonds. The van der Waals surface area contributed by atoms with E-state index in [0.29, 0.717) is 52.4 Å². The monoisotopic (exact) mass is 1140 g/mol. The second-order valence-corrected chi connectivity index (χ2v) is 25.4. The highest BCUT2D eigenvalue weighted by atomic mass is 35.5. The van der Waals surface area contributed by atoms with E-state index >= 15 is 0 Å². The number of aliphatic hydroxyl groups is 1. The number of hydrogen-bond donors (Lipinski definition) is 6. The number of piperidine rings is 1. The van der Waals surface area contributed by atoms with Gasteiger partial charge in [-0.2, -0.15) is 4.98 Å². The molecule has 4 heterocycles. The van der Waals surface area contributed by atoms with Gasteiger partial charge in [-0.15, -0.1) is 11.3 Å². The molecule has 2 aromatic heterocycles. The number of likely N-dealkylation sites (tertiary alicyclic amines) is 1. The zero-order chi connectivity index (χ0) is 56.7. The number of aliphatic hydroxyl groups excluding tert-OH is 1. The zero-order valence-electron chi connectivity index (χ0n) is 46.0. The molecule has 2 fully saturated rings. The van der Waals surface area contributed by atoms with Crippen LogP contribution in [0, 0.1) is 12.3 Å². The van der Waals surface area contributed by atoms with Gasteiger partial charge in [0.05, 0.1) is 86.5 Å². The van der Waals surface area contributed by atoms with Crippen LogP contribution in [-0.4, -0.2) is 153 Å². The summed E-state index contributed by atoms with van der Waals surface area (Å²) in [5.74, 6) is -0.00370. The number of anilines is 5. The molecule has 0 saturated carbocycles. The maximum atomic E-state index is 14.0. The number of amides is 4. The highest BCUT2D eigenvalue weighted by molar-refractivity contribution is 7.70. The van der Waals surface area contributed by atoms with Crippen LogP contribution in [0.4, 0.5) is 28.8 Å². The fourth-order valence-corrected chi connectivity index (χ4v) is 11.4. The van der Waals surface area contributed by atoms with Crippen LogP contribution in [0.2, 0.25) is 5.02 Å². The van der Waals surface area contributed by atoms with Gasteiger partial charge in [-0.3, -0.25) is 19.2 Å². The van der Waals surface area contributed by atoms with E-state index in [1.54, 1.807) is 31.8 Å². The number of halogens is 1. The molecule has 3 aromatic carbocycles. The van der Waals surface area contributed by atoms with Gasteiger partial charge in [-0.1, -0.05) is 68.8 Å². The SMILES string of the molecule is COc1cc(N2CCC(NC(=O)CCOCCOCCOCCC(=O)NC(C(=O)N3CC(O)CC3C(=O)NCc3ccc(-c4scnc4C)cc3)C(C)(C)C)CC2)ccc1Nc1ncc(Cl)c(Nc2ccccc2P(C)(C)=O)n1. The summed E-state index contributed by atoms with van der Waals surface area (Å²) < 4.78 is 35.5. The number of carbonyl (C=O) groups is 4. The molecule has 79 heavy (non-hydrogen) atoms. The molecule has 0 aliphatic carbocycles. The third-order valence-electron chi connectivity index (χ3n) is 13.5. The Morgan fingerprint density at radius 1 is 0.873 bits per heavy atom. The van der Waals surface area contributed by atoms with Crippen molar-refractivity contribution in [3.63, 3.8) is 0 Å². The van der Waals surface area contributed by atoms with Crippen LogP contribution in [0.3, 0.4) is 0 Å². The predicted molar refractivity (Wildman–Crippen MR) is 309 cm³/mol. The zero-order valence-corrected chi connectivity index (χ0v) is 48.5. The average Bonchev–Trinajstić information content (AvgIpc) is 4.07. The van der Waals surface area contributed by atoms with E-state index in [0.717, 1.165) is 53.3 Å². The summed E-state index contributed by atoms with van der Waals surface area (Å²) in [6, 6.07) is 19.3. The van der Waals surface area contributed by atoms with Gasteiger partial charge in [0.15, 0.2) is 5.82 Å². The predicted octanol–water partition coefficient (Wildman–Crippen LogP) is 7.03. The van der Waals surface area contributed by atoms with Crippen molar-refractivity contribution in [2.75, 3.05) is 95.2 Å². The van der Waals surface area contributed by atoms with Gasteiger partial charge in [0.2, 0.25) is 29.6 Å². The number of carbonyl (C=O) groups excluding carboxylic acids is 4. The minimum atomic E-state index is -2.58. The Hall–Kier alpha value is -6.19. The number of aryl methyl sites for hydroxylation is 1. The van der Waals surface area contributed by atoms with Crippen LogP contribution in [0.15, 0.2) is 78.4 Å². The van der Waals surface area contributed by atoms with Crippen LogP contribution in [0.5, 0.6) is 5.75 Å². The van der Waals surface area contributed by atoms with E-state index in [9.17, 15) is 28.8 Å². The van der Waals surface area contributed by atoms with Crippen LogP contribution in [0.25, 0.3) is 10.4 Å².